The van der Waals surface area contributed by atoms with Gasteiger partial charge in [0, 0.05) is 13.5 Å². The normalized spacial score (nSPS) is 30.3. The van der Waals surface area contributed by atoms with Crippen LogP contribution in [0.25, 0.3) is 0 Å². The quantitative estimate of drug-likeness (QED) is 0.436. The Bertz CT molecular complexity index is 406. The van der Waals surface area contributed by atoms with Crippen LogP contribution < -0.4 is 5.84 Å². The van der Waals surface area contributed by atoms with Crippen molar-refractivity contribution in [3.8, 4) is 0 Å². The molecule has 1 aromatic rings. The van der Waals surface area contributed by atoms with Gasteiger partial charge in [-0.05, 0) is 22.4 Å². The smallest absolute Gasteiger partial charge is 0.272 e. The molecule has 0 radical (unpaired) electrons. The Morgan fingerprint density at radius 1 is 1.82 bits per heavy atom. The molecule has 0 aliphatic carbocycles. The summed E-state index contributed by atoms with van der Waals surface area (Å²) >= 11 is 9.70. The lowest BCUT2D eigenvalue weighted by atomic mass is 10.2. The fraction of sp³-hybridized carbons (Fsp3) is 0.750. The van der Waals surface area contributed by atoms with Crippen LogP contribution in [0.5, 0.6) is 0 Å². The summed E-state index contributed by atoms with van der Waals surface area (Å²) in [5.74, 6) is 5.66. The fourth-order valence-electron chi connectivity index (χ4n) is 1.78. The predicted octanol–water partition coefficient (Wildman–Crippen LogP) is 2.22. The van der Waals surface area contributed by atoms with E-state index in [9.17, 15) is 0 Å². The zero-order valence-corrected chi connectivity index (χ0v) is 12.4. The van der Waals surface area contributed by atoms with E-state index < -0.39 is 10.7 Å². The van der Waals surface area contributed by atoms with Crippen LogP contribution >= 0.6 is 38.2 Å². The summed E-state index contributed by atoms with van der Waals surface area (Å²) in [6.07, 6.45) is 1.54. The van der Waals surface area contributed by atoms with Crippen molar-refractivity contribution in [1.82, 2.24) is 14.5 Å². The molecule has 3 atom stereocenters. The molecule has 1 aliphatic heterocycles. The summed E-state index contributed by atoms with van der Waals surface area (Å²) in [4.78, 5) is 1.25. The molecule has 0 saturated carbocycles. The first-order chi connectivity index (χ1) is 8.06. The lowest BCUT2D eigenvalue weighted by molar-refractivity contribution is -0.156. The molecule has 0 spiro atoms. The van der Waals surface area contributed by atoms with Gasteiger partial charge in [0.25, 0.3) is 3.66 Å². The van der Waals surface area contributed by atoms with Crippen LogP contribution in [0.2, 0.25) is 5.15 Å². The zero-order valence-electron chi connectivity index (χ0n) is 9.28. The minimum Gasteiger partial charge on any atom is -0.350 e. The second-order valence-corrected chi connectivity index (χ2v) is 7.87. The monoisotopic (exact) mass is 345 g/mol. The Kier molecular flexibility index (Phi) is 4.09. The van der Waals surface area contributed by atoms with Crippen molar-refractivity contribution < 1.29 is 9.47 Å². The number of nitrogens with two attached hydrogens (primary N) is 1. The maximum atomic E-state index is 5.97. The van der Waals surface area contributed by atoms with Crippen LogP contribution in [0.4, 0.5) is 0 Å². The Balaban J connectivity index is 2.40. The fourth-order valence-corrected chi connectivity index (χ4v) is 4.89. The average Bonchev–Trinajstić information content (AvgIpc) is 2.28. The summed E-state index contributed by atoms with van der Waals surface area (Å²) in [5.41, 5.74) is 0. The molecule has 9 heteroatoms. The van der Waals surface area contributed by atoms with Gasteiger partial charge in [-0.1, -0.05) is 21.0 Å². The van der Waals surface area contributed by atoms with Crippen LogP contribution in [0, 0.1) is 0 Å². The van der Waals surface area contributed by atoms with E-state index >= 15 is 0 Å². The maximum absolute atomic E-state index is 5.97. The molecule has 1 aliphatic rings. The van der Waals surface area contributed by atoms with Crippen molar-refractivity contribution in [3.63, 3.8) is 0 Å². The minimum atomic E-state index is -0.426. The Hall–Kier alpha value is -0.150. The third-order valence-electron chi connectivity index (χ3n) is 2.51. The van der Waals surface area contributed by atoms with Crippen molar-refractivity contribution in [1.29, 1.82) is 0 Å². The van der Waals surface area contributed by atoms with Crippen LogP contribution in [-0.2, 0) is 13.1 Å². The van der Waals surface area contributed by atoms with Gasteiger partial charge in [0.1, 0.15) is 10.7 Å². The number of methoxy groups -OCH3 is 1. The molecule has 4 N–H and O–H groups in total. The largest absolute Gasteiger partial charge is 0.350 e. The summed E-state index contributed by atoms with van der Waals surface area (Å²) in [7, 11) is 1.20. The number of halogens is 2. The van der Waals surface area contributed by atoms with E-state index in [1.165, 1.54) is 4.91 Å². The number of alkyl halides is 1. The topological polar surface area (TPSA) is 81.0 Å². The zero-order chi connectivity index (χ0) is 12.5. The van der Waals surface area contributed by atoms with Gasteiger partial charge >= 0.3 is 0 Å². The number of nitrogens with zero attached hydrogens (tertiary/aromatic N) is 1. The molecule has 0 amide bonds. The number of ether oxygens (including phenoxy) is 2. The Labute approximate surface area is 115 Å². The van der Waals surface area contributed by atoms with Gasteiger partial charge in [-0.25, -0.2) is 5.10 Å². The number of rotatable bonds is 2. The number of nitrogen functional groups attached to an aromatic ring is 1. The van der Waals surface area contributed by atoms with Crippen LogP contribution in [-0.4, -0.2) is 34.5 Å². The summed E-state index contributed by atoms with van der Waals surface area (Å²) in [6, 6.07) is 0. The van der Waals surface area contributed by atoms with E-state index in [0.29, 0.717) is 11.8 Å². The lowest BCUT2D eigenvalue weighted by Crippen LogP contribution is -2.39. The van der Waals surface area contributed by atoms with Gasteiger partial charge in [-0.3, -0.25) is 0 Å². The van der Waals surface area contributed by atoms with E-state index in [2.05, 4.69) is 25.5 Å². The highest BCUT2D eigenvalue weighted by Crippen LogP contribution is 2.50. The standard InChI is InChI=1S/C8H15BrClN4O2S/c1-15-7-8(9,3-2-4-16-7)17-5-6(10)12-14(11)13-17/h5,7,12-13H,2-4,11H2,1H3/q+1. The molecule has 6 nitrogen and oxygen atoms in total. The van der Waals surface area contributed by atoms with E-state index in [4.69, 9.17) is 26.9 Å². The molecule has 1 aromatic heterocycles. The molecule has 1 saturated heterocycles. The molecule has 3 unspecified atom stereocenters. The van der Waals surface area contributed by atoms with Gasteiger partial charge in [0.2, 0.25) is 6.29 Å². The van der Waals surface area contributed by atoms with Gasteiger partial charge in [-0.2, -0.15) is 0 Å². The van der Waals surface area contributed by atoms with Crippen molar-refractivity contribution in [2.24, 2.45) is 0 Å². The summed E-state index contributed by atoms with van der Waals surface area (Å²) < 4.78 is 13.7. The second kappa shape index (κ2) is 5.23. The van der Waals surface area contributed by atoms with E-state index in [1.807, 2.05) is 5.38 Å². The third kappa shape index (κ3) is 2.65. The van der Waals surface area contributed by atoms with Crippen molar-refractivity contribution in [2.45, 2.75) is 22.8 Å². The molecule has 2 heterocycles. The molecule has 17 heavy (non-hydrogen) atoms. The third-order valence-corrected chi connectivity index (χ3v) is 6.64. The highest BCUT2D eigenvalue weighted by atomic mass is 79.9. The number of hydrogen-bond acceptors (Lipinski definition) is 3. The molecule has 0 bridgehead atoms. The predicted molar refractivity (Wildman–Crippen MR) is 71.3 cm³/mol. The summed E-state index contributed by atoms with van der Waals surface area (Å²) in [5, 5.41) is 5.09. The highest BCUT2D eigenvalue weighted by Gasteiger charge is 2.51. The van der Waals surface area contributed by atoms with Crippen LogP contribution in [0.15, 0.2) is 5.38 Å². The van der Waals surface area contributed by atoms with Gasteiger partial charge < -0.3 is 15.3 Å². The van der Waals surface area contributed by atoms with Crippen LogP contribution in [0.1, 0.15) is 12.8 Å². The Morgan fingerprint density at radius 2 is 2.59 bits per heavy atom. The molecular weight excluding hydrogens is 332 g/mol. The highest BCUT2D eigenvalue weighted by molar-refractivity contribution is 9.10. The second-order valence-electron chi connectivity index (χ2n) is 3.70. The van der Waals surface area contributed by atoms with E-state index in [0.717, 1.165) is 12.8 Å². The van der Waals surface area contributed by atoms with Crippen LogP contribution in [0.3, 0.4) is 0 Å². The maximum Gasteiger partial charge on any atom is 0.272 e. The molecular formula is C8H15BrClN4O2S+. The first-order valence-electron chi connectivity index (χ1n) is 5.08. The van der Waals surface area contributed by atoms with Gasteiger partial charge in [0.05, 0.1) is 6.61 Å². The number of nitrogens with one attached hydrogen (secondary N) is 2. The van der Waals surface area contributed by atoms with E-state index in [-0.39, 0.29) is 9.95 Å². The molecule has 0 aromatic carbocycles. The SMILES string of the molecule is COC1OCCCC1(Br)[s+]1cc(Cl)[nH]n(N)[nH]1. The lowest BCUT2D eigenvalue weighted by Gasteiger charge is -2.31. The van der Waals surface area contributed by atoms with Crippen molar-refractivity contribution in [2.75, 3.05) is 19.6 Å². The molecule has 98 valence electrons. The Morgan fingerprint density at radius 3 is 3.24 bits per heavy atom. The number of aromatic amines is 2. The first kappa shape index (κ1) is 13.3. The molecule has 1 fully saturated rings. The average molecular weight is 347 g/mol. The number of aromatic nitrogens is 3. The molecule has 2 rings (SSSR count). The van der Waals surface area contributed by atoms with Gasteiger partial charge in [0.15, 0.2) is 10.5 Å². The van der Waals surface area contributed by atoms with E-state index in [1.54, 1.807) is 7.11 Å². The van der Waals surface area contributed by atoms with Crippen molar-refractivity contribution in [3.05, 3.63) is 10.5 Å². The van der Waals surface area contributed by atoms with Crippen molar-refractivity contribution >= 4 is 38.2 Å². The number of H-pyrrole nitrogens is 2. The minimum absolute atomic E-state index is 0.334. The first-order valence-corrected chi connectivity index (χ1v) is 7.54. The van der Waals surface area contributed by atoms with Gasteiger partial charge in [-0.15, -0.1) is 0 Å². The number of hydrogen-bond donors (Lipinski definition) is 3. The summed E-state index contributed by atoms with van der Waals surface area (Å²) in [6.45, 7) is 0.699.